The molecule has 0 aliphatic carbocycles. The third-order valence-corrected chi connectivity index (χ3v) is 1.60. The molecular weight excluding hydrogens is 154 g/mol. The first-order valence-electron chi connectivity index (χ1n) is 3.83. The normalized spacial score (nSPS) is 11.2. The first-order valence-corrected chi connectivity index (χ1v) is 3.83. The Morgan fingerprint density at radius 3 is 2.92 bits per heavy atom. The Balaban J connectivity index is 2.73. The van der Waals surface area contributed by atoms with Gasteiger partial charge in [-0.2, -0.15) is 5.10 Å². The Labute approximate surface area is 71.1 Å². The van der Waals surface area contributed by atoms with Gasteiger partial charge in [-0.25, -0.2) is 0 Å². The van der Waals surface area contributed by atoms with Crippen molar-refractivity contribution in [3.63, 3.8) is 0 Å². The fraction of sp³-hybridized carbons (Fsp3) is 0.375. The number of nitrogens with one attached hydrogen (secondary N) is 1. The topological polar surface area (TPSA) is 74.9 Å². The second-order valence-corrected chi connectivity index (χ2v) is 2.56. The lowest BCUT2D eigenvalue weighted by Gasteiger charge is -1.90. The summed E-state index contributed by atoms with van der Waals surface area (Å²) in [6.45, 7) is 2.06. The van der Waals surface area contributed by atoms with Crippen molar-refractivity contribution in [2.24, 2.45) is 0 Å². The second-order valence-electron chi connectivity index (χ2n) is 2.56. The summed E-state index contributed by atoms with van der Waals surface area (Å²) in [5.74, 6) is 0.502. The molecule has 1 aromatic heterocycles. The van der Waals surface area contributed by atoms with Gasteiger partial charge in [-0.15, -0.1) is 0 Å². The number of aliphatic hydroxyl groups is 1. The standard InChI is InChI=1S/C8H13N3O/c1-6-7(4-2-3-5-12)8(9)11-10-6/h2,4,12H,3,5H2,1H3,(H3,9,10,11). The van der Waals surface area contributed by atoms with Crippen molar-refractivity contribution >= 4 is 11.9 Å². The minimum absolute atomic E-state index is 0.160. The predicted octanol–water partition coefficient (Wildman–Crippen LogP) is 0.696. The van der Waals surface area contributed by atoms with Gasteiger partial charge in [0.05, 0.1) is 0 Å². The molecule has 0 unspecified atom stereocenters. The van der Waals surface area contributed by atoms with E-state index in [0.29, 0.717) is 12.2 Å². The second kappa shape index (κ2) is 3.92. The van der Waals surface area contributed by atoms with E-state index in [1.54, 1.807) is 0 Å². The SMILES string of the molecule is Cc1[nH]nc(N)c1C=CCCO. The minimum Gasteiger partial charge on any atom is -0.396 e. The molecule has 0 bridgehead atoms. The van der Waals surface area contributed by atoms with Crippen LogP contribution in [0.2, 0.25) is 0 Å². The first-order chi connectivity index (χ1) is 5.75. The van der Waals surface area contributed by atoms with E-state index in [1.807, 2.05) is 19.1 Å². The molecule has 0 atom stereocenters. The molecule has 0 aliphatic heterocycles. The van der Waals surface area contributed by atoms with Gasteiger partial charge in [-0.3, -0.25) is 5.10 Å². The highest BCUT2D eigenvalue weighted by Gasteiger charge is 2.01. The predicted molar refractivity (Wildman–Crippen MR) is 48.5 cm³/mol. The number of hydrogen-bond donors (Lipinski definition) is 3. The molecular formula is C8H13N3O. The van der Waals surface area contributed by atoms with E-state index in [-0.39, 0.29) is 6.61 Å². The molecule has 1 aromatic rings. The molecule has 12 heavy (non-hydrogen) atoms. The Bertz CT molecular complexity index is 258. The molecule has 66 valence electrons. The molecule has 0 amide bonds. The summed E-state index contributed by atoms with van der Waals surface area (Å²) >= 11 is 0. The largest absolute Gasteiger partial charge is 0.396 e. The minimum atomic E-state index is 0.160. The van der Waals surface area contributed by atoms with Gasteiger partial charge in [0.1, 0.15) is 0 Å². The average molecular weight is 167 g/mol. The summed E-state index contributed by atoms with van der Waals surface area (Å²) < 4.78 is 0. The van der Waals surface area contributed by atoms with Gasteiger partial charge in [0, 0.05) is 17.9 Å². The van der Waals surface area contributed by atoms with Gasteiger partial charge in [0.15, 0.2) is 5.82 Å². The van der Waals surface area contributed by atoms with Gasteiger partial charge in [0.2, 0.25) is 0 Å². The molecule has 0 aromatic carbocycles. The zero-order chi connectivity index (χ0) is 8.97. The number of nitrogens with zero attached hydrogens (tertiary/aromatic N) is 1. The number of aromatic amines is 1. The molecule has 0 fully saturated rings. The molecule has 4 heteroatoms. The molecule has 0 saturated heterocycles. The maximum Gasteiger partial charge on any atom is 0.152 e. The maximum absolute atomic E-state index is 8.53. The lowest BCUT2D eigenvalue weighted by Crippen LogP contribution is -1.87. The van der Waals surface area contributed by atoms with Crippen molar-refractivity contribution in [3.05, 3.63) is 17.3 Å². The zero-order valence-corrected chi connectivity index (χ0v) is 7.04. The van der Waals surface area contributed by atoms with E-state index in [9.17, 15) is 0 Å². The fourth-order valence-corrected chi connectivity index (χ4v) is 0.943. The summed E-state index contributed by atoms with van der Waals surface area (Å²) in [6, 6.07) is 0. The molecule has 1 heterocycles. The summed E-state index contributed by atoms with van der Waals surface area (Å²) in [5.41, 5.74) is 7.42. The molecule has 0 saturated carbocycles. The first kappa shape index (κ1) is 8.80. The third-order valence-electron chi connectivity index (χ3n) is 1.60. The van der Waals surface area contributed by atoms with Crippen LogP contribution in [0, 0.1) is 6.92 Å². The smallest absolute Gasteiger partial charge is 0.152 e. The van der Waals surface area contributed by atoms with E-state index < -0.39 is 0 Å². The number of aromatic nitrogens is 2. The Morgan fingerprint density at radius 2 is 2.42 bits per heavy atom. The van der Waals surface area contributed by atoms with Crippen molar-refractivity contribution in [2.75, 3.05) is 12.3 Å². The number of nitrogen functional groups attached to an aromatic ring is 1. The van der Waals surface area contributed by atoms with E-state index >= 15 is 0 Å². The summed E-state index contributed by atoms with van der Waals surface area (Å²) in [6.07, 6.45) is 4.38. The van der Waals surface area contributed by atoms with Crippen LogP contribution < -0.4 is 5.73 Å². The van der Waals surface area contributed by atoms with Crippen molar-refractivity contribution < 1.29 is 5.11 Å². The number of aryl methyl sites for hydroxylation is 1. The zero-order valence-electron chi connectivity index (χ0n) is 7.04. The monoisotopic (exact) mass is 167 g/mol. The number of aliphatic hydroxyl groups excluding tert-OH is 1. The molecule has 4 N–H and O–H groups in total. The van der Waals surface area contributed by atoms with Crippen LogP contribution in [0.15, 0.2) is 6.08 Å². The van der Waals surface area contributed by atoms with E-state index in [0.717, 1.165) is 11.3 Å². The molecule has 1 rings (SSSR count). The Kier molecular flexibility index (Phi) is 2.88. The summed E-state index contributed by atoms with van der Waals surface area (Å²) in [5, 5.41) is 15.1. The van der Waals surface area contributed by atoms with Crippen LogP contribution in [0.5, 0.6) is 0 Å². The summed E-state index contributed by atoms with van der Waals surface area (Å²) in [7, 11) is 0. The van der Waals surface area contributed by atoms with Crippen LogP contribution in [0.25, 0.3) is 6.08 Å². The van der Waals surface area contributed by atoms with E-state index in [2.05, 4.69) is 10.2 Å². The van der Waals surface area contributed by atoms with Crippen molar-refractivity contribution in [2.45, 2.75) is 13.3 Å². The highest BCUT2D eigenvalue weighted by atomic mass is 16.2. The number of H-pyrrole nitrogens is 1. The van der Waals surface area contributed by atoms with Crippen molar-refractivity contribution in [3.8, 4) is 0 Å². The number of hydrogen-bond acceptors (Lipinski definition) is 3. The number of nitrogens with two attached hydrogens (primary N) is 1. The van der Waals surface area contributed by atoms with Crippen LogP contribution >= 0.6 is 0 Å². The average Bonchev–Trinajstić information content (AvgIpc) is 2.35. The van der Waals surface area contributed by atoms with E-state index in [4.69, 9.17) is 10.8 Å². The van der Waals surface area contributed by atoms with Gasteiger partial charge >= 0.3 is 0 Å². The van der Waals surface area contributed by atoms with Crippen molar-refractivity contribution in [1.82, 2.24) is 10.2 Å². The quantitative estimate of drug-likeness (QED) is 0.620. The van der Waals surface area contributed by atoms with Crippen LogP contribution in [0.4, 0.5) is 5.82 Å². The van der Waals surface area contributed by atoms with Gasteiger partial charge in [-0.1, -0.05) is 12.2 Å². The van der Waals surface area contributed by atoms with Crippen LogP contribution in [0.1, 0.15) is 17.7 Å². The maximum atomic E-state index is 8.53. The van der Waals surface area contributed by atoms with Crippen molar-refractivity contribution in [1.29, 1.82) is 0 Å². The lowest BCUT2D eigenvalue weighted by molar-refractivity contribution is 0.303. The van der Waals surface area contributed by atoms with Crippen LogP contribution in [-0.4, -0.2) is 21.9 Å². The number of anilines is 1. The van der Waals surface area contributed by atoms with Gasteiger partial charge < -0.3 is 10.8 Å². The molecule has 0 aliphatic rings. The molecule has 0 radical (unpaired) electrons. The van der Waals surface area contributed by atoms with E-state index in [1.165, 1.54) is 0 Å². The van der Waals surface area contributed by atoms with Crippen LogP contribution in [0.3, 0.4) is 0 Å². The third kappa shape index (κ3) is 1.85. The highest BCUT2D eigenvalue weighted by Crippen LogP contribution is 2.13. The molecule has 0 spiro atoms. The lowest BCUT2D eigenvalue weighted by atomic mass is 10.2. The number of rotatable bonds is 3. The Morgan fingerprint density at radius 1 is 1.67 bits per heavy atom. The highest BCUT2D eigenvalue weighted by molar-refractivity contribution is 5.62. The Hall–Kier alpha value is -1.29. The van der Waals surface area contributed by atoms with Crippen LogP contribution in [-0.2, 0) is 0 Å². The summed E-state index contributed by atoms with van der Waals surface area (Å²) in [4.78, 5) is 0. The molecule has 4 nitrogen and oxygen atoms in total. The fourth-order valence-electron chi connectivity index (χ4n) is 0.943. The van der Waals surface area contributed by atoms with Gasteiger partial charge in [0.25, 0.3) is 0 Å². The van der Waals surface area contributed by atoms with Gasteiger partial charge in [-0.05, 0) is 13.3 Å².